The van der Waals surface area contributed by atoms with Crippen molar-refractivity contribution in [1.82, 2.24) is 29.4 Å². The number of hydrogen-bond donors (Lipinski definition) is 1. The van der Waals surface area contributed by atoms with E-state index in [-0.39, 0.29) is 5.91 Å². The van der Waals surface area contributed by atoms with Crippen LogP contribution in [0.5, 0.6) is 0 Å². The summed E-state index contributed by atoms with van der Waals surface area (Å²) in [5, 5.41) is 11.9. The topological polar surface area (TPSA) is 90.0 Å². The van der Waals surface area contributed by atoms with Crippen LogP contribution in [-0.4, -0.2) is 35.3 Å². The maximum atomic E-state index is 13.1. The summed E-state index contributed by atoms with van der Waals surface area (Å²) >= 11 is 3.36. The van der Waals surface area contributed by atoms with E-state index in [4.69, 9.17) is 5.10 Å². The number of amides is 1. The van der Waals surface area contributed by atoms with Crippen LogP contribution in [0.1, 0.15) is 21.5 Å². The van der Waals surface area contributed by atoms with Crippen molar-refractivity contribution in [3.05, 3.63) is 88.4 Å². The van der Waals surface area contributed by atoms with E-state index in [0.717, 1.165) is 26.9 Å². The van der Waals surface area contributed by atoms with Crippen molar-refractivity contribution in [2.45, 2.75) is 13.8 Å². The predicted octanol–water partition coefficient (Wildman–Crippen LogP) is 4.61. The van der Waals surface area contributed by atoms with Gasteiger partial charge in [0, 0.05) is 30.2 Å². The molecule has 5 rings (SSSR count). The van der Waals surface area contributed by atoms with Crippen LogP contribution in [0.2, 0.25) is 0 Å². The number of fused-ring (bicyclic) bond motifs is 1. The summed E-state index contributed by atoms with van der Waals surface area (Å²) in [5.41, 5.74) is 4.69. The lowest BCUT2D eigenvalue weighted by Crippen LogP contribution is -2.15. The van der Waals surface area contributed by atoms with Gasteiger partial charge in [0.25, 0.3) is 5.91 Å². The van der Waals surface area contributed by atoms with Gasteiger partial charge in [-0.3, -0.25) is 4.79 Å². The van der Waals surface area contributed by atoms with Crippen LogP contribution >= 0.6 is 15.9 Å². The molecule has 0 spiro atoms. The lowest BCUT2D eigenvalue weighted by atomic mass is 10.1. The van der Waals surface area contributed by atoms with Crippen LogP contribution < -0.4 is 5.32 Å². The Labute approximate surface area is 192 Å². The molecule has 0 fully saturated rings. The summed E-state index contributed by atoms with van der Waals surface area (Å²) in [6.07, 6.45) is 6.63. The summed E-state index contributed by atoms with van der Waals surface area (Å²) < 4.78 is 3.95. The molecule has 4 aromatic heterocycles. The van der Waals surface area contributed by atoms with Crippen LogP contribution in [0.25, 0.3) is 22.7 Å². The minimum atomic E-state index is -0.335. The van der Waals surface area contributed by atoms with Crippen molar-refractivity contribution in [1.29, 1.82) is 0 Å². The summed E-state index contributed by atoms with van der Waals surface area (Å²) in [6, 6.07) is 13.7. The molecule has 0 saturated carbocycles. The number of aryl methyl sites for hydroxylation is 2. The van der Waals surface area contributed by atoms with Gasteiger partial charge in [-0.15, -0.1) is 0 Å². The van der Waals surface area contributed by atoms with Gasteiger partial charge in [-0.1, -0.05) is 35.9 Å². The second kappa shape index (κ2) is 8.01. The van der Waals surface area contributed by atoms with Gasteiger partial charge in [-0.05, 0) is 41.4 Å². The molecule has 0 atom stereocenters. The number of carbonyl (C=O) groups excluding carboxylic acids is 1. The zero-order chi connectivity index (χ0) is 22.2. The number of rotatable bonds is 4. The lowest BCUT2D eigenvalue weighted by molar-refractivity contribution is 0.102. The molecule has 0 aliphatic heterocycles. The van der Waals surface area contributed by atoms with Crippen LogP contribution in [0.4, 0.5) is 5.82 Å². The average molecular weight is 488 g/mol. The Hall–Kier alpha value is -3.85. The maximum absolute atomic E-state index is 13.1. The van der Waals surface area contributed by atoms with E-state index >= 15 is 0 Å². The van der Waals surface area contributed by atoms with Gasteiger partial charge >= 0.3 is 0 Å². The number of hydrogen-bond acceptors (Lipinski definition) is 5. The number of aromatic nitrogens is 6. The first-order valence-corrected chi connectivity index (χ1v) is 10.7. The summed E-state index contributed by atoms with van der Waals surface area (Å²) in [6.45, 7) is 4.00. The Morgan fingerprint density at radius 1 is 0.969 bits per heavy atom. The summed E-state index contributed by atoms with van der Waals surface area (Å²) in [5.74, 6) is 0.767. The molecule has 0 aliphatic carbocycles. The number of pyridine rings is 1. The molecule has 5 aromatic rings. The Morgan fingerprint density at radius 2 is 1.75 bits per heavy atom. The SMILES string of the molecule is Cc1ccc(-c2cc(NC(=O)c3cnn4cc(Br)cnc34)n(-c3ccc(C)cn3)n2)cc1. The number of carbonyl (C=O) groups is 1. The van der Waals surface area contributed by atoms with Crippen molar-refractivity contribution in [2.75, 3.05) is 5.32 Å². The molecule has 0 unspecified atom stereocenters. The largest absolute Gasteiger partial charge is 0.306 e. The fourth-order valence-corrected chi connectivity index (χ4v) is 3.59. The first kappa shape index (κ1) is 20.1. The van der Waals surface area contributed by atoms with Gasteiger partial charge in [0.1, 0.15) is 11.4 Å². The standard InChI is InChI=1S/C23H18BrN7O/c1-14-3-6-16(7-4-14)19-9-21(31(29-19)20-8-5-15(2)10-25-20)28-23(32)18-12-27-30-13-17(24)11-26-22(18)30/h3-13H,1-2H3,(H,28,32). The first-order valence-electron chi connectivity index (χ1n) is 9.88. The van der Waals surface area contributed by atoms with Crippen molar-refractivity contribution >= 4 is 33.3 Å². The van der Waals surface area contributed by atoms with Gasteiger partial charge in [-0.25, -0.2) is 14.5 Å². The minimum absolute atomic E-state index is 0.335. The molecule has 0 aliphatic rings. The van der Waals surface area contributed by atoms with Gasteiger partial charge < -0.3 is 5.32 Å². The molecule has 9 heteroatoms. The zero-order valence-corrected chi connectivity index (χ0v) is 18.9. The molecule has 32 heavy (non-hydrogen) atoms. The van der Waals surface area contributed by atoms with Gasteiger partial charge in [-0.2, -0.15) is 14.9 Å². The van der Waals surface area contributed by atoms with Crippen LogP contribution in [0.3, 0.4) is 0 Å². The van der Waals surface area contributed by atoms with E-state index in [1.807, 2.05) is 56.3 Å². The Kier molecular flexibility index (Phi) is 5.02. The van der Waals surface area contributed by atoms with Crippen LogP contribution in [-0.2, 0) is 0 Å². The zero-order valence-electron chi connectivity index (χ0n) is 17.3. The average Bonchev–Trinajstić information content (AvgIpc) is 3.39. The van der Waals surface area contributed by atoms with E-state index in [1.54, 1.807) is 27.8 Å². The Bertz CT molecular complexity index is 1440. The van der Waals surface area contributed by atoms with Gasteiger partial charge in [0.15, 0.2) is 11.5 Å². The van der Waals surface area contributed by atoms with E-state index in [2.05, 4.69) is 36.3 Å². The van der Waals surface area contributed by atoms with Crippen LogP contribution in [0, 0.1) is 13.8 Å². The van der Waals surface area contributed by atoms with E-state index in [9.17, 15) is 4.79 Å². The first-order chi connectivity index (χ1) is 15.5. The summed E-state index contributed by atoms with van der Waals surface area (Å²) in [4.78, 5) is 21.9. The second-order valence-corrected chi connectivity index (χ2v) is 8.35. The van der Waals surface area contributed by atoms with Crippen molar-refractivity contribution in [3.8, 4) is 17.1 Å². The van der Waals surface area contributed by atoms with Crippen molar-refractivity contribution in [3.63, 3.8) is 0 Å². The van der Waals surface area contributed by atoms with E-state index in [1.165, 1.54) is 6.20 Å². The molecule has 1 amide bonds. The van der Waals surface area contributed by atoms with Crippen molar-refractivity contribution < 1.29 is 4.79 Å². The second-order valence-electron chi connectivity index (χ2n) is 7.44. The molecule has 0 radical (unpaired) electrons. The molecule has 0 saturated heterocycles. The van der Waals surface area contributed by atoms with Crippen LogP contribution in [0.15, 0.2) is 71.7 Å². The Morgan fingerprint density at radius 3 is 2.50 bits per heavy atom. The normalized spacial score (nSPS) is 11.1. The predicted molar refractivity (Wildman–Crippen MR) is 125 cm³/mol. The maximum Gasteiger partial charge on any atom is 0.262 e. The van der Waals surface area contributed by atoms with E-state index in [0.29, 0.717) is 22.8 Å². The number of halogens is 1. The van der Waals surface area contributed by atoms with Gasteiger partial charge in [0.05, 0.1) is 16.4 Å². The van der Waals surface area contributed by atoms with Gasteiger partial charge in [0.2, 0.25) is 0 Å². The molecular formula is C23H18BrN7O. The molecular weight excluding hydrogens is 470 g/mol. The lowest BCUT2D eigenvalue weighted by Gasteiger charge is -2.08. The fraction of sp³-hybridized carbons (Fsp3) is 0.0870. The minimum Gasteiger partial charge on any atom is -0.306 e. The number of nitrogens with zero attached hydrogens (tertiary/aromatic N) is 6. The highest BCUT2D eigenvalue weighted by Gasteiger charge is 2.19. The molecule has 1 aromatic carbocycles. The highest BCUT2D eigenvalue weighted by Crippen LogP contribution is 2.25. The number of nitrogens with one attached hydrogen (secondary N) is 1. The number of anilines is 1. The number of benzene rings is 1. The summed E-state index contributed by atoms with van der Waals surface area (Å²) in [7, 11) is 0. The Balaban J connectivity index is 1.55. The smallest absolute Gasteiger partial charge is 0.262 e. The fourth-order valence-electron chi connectivity index (χ4n) is 3.29. The van der Waals surface area contributed by atoms with E-state index < -0.39 is 0 Å². The molecule has 8 nitrogen and oxygen atoms in total. The monoisotopic (exact) mass is 487 g/mol. The quantitative estimate of drug-likeness (QED) is 0.399. The van der Waals surface area contributed by atoms with Crippen molar-refractivity contribution in [2.24, 2.45) is 0 Å². The molecule has 158 valence electrons. The molecule has 0 bridgehead atoms. The molecule has 4 heterocycles. The third-order valence-electron chi connectivity index (χ3n) is 4.98. The third kappa shape index (κ3) is 3.78. The highest BCUT2D eigenvalue weighted by atomic mass is 79.9. The molecule has 1 N–H and O–H groups in total. The highest BCUT2D eigenvalue weighted by molar-refractivity contribution is 9.10. The third-order valence-corrected chi connectivity index (χ3v) is 5.39.